The number of ether oxygens (including phenoxy) is 1. The Labute approximate surface area is 212 Å². The van der Waals surface area contributed by atoms with Crippen molar-refractivity contribution in [3.05, 3.63) is 66.4 Å². The van der Waals surface area contributed by atoms with Crippen molar-refractivity contribution in [2.75, 3.05) is 44.1 Å². The van der Waals surface area contributed by atoms with E-state index >= 15 is 0 Å². The van der Waals surface area contributed by atoms with E-state index < -0.39 is 15.0 Å². The molecule has 2 aliphatic rings. The quantitative estimate of drug-likeness (QED) is 0.527. The molecule has 0 saturated carbocycles. The molecule has 2 aliphatic heterocycles. The van der Waals surface area contributed by atoms with E-state index in [-0.39, 0.29) is 4.90 Å². The summed E-state index contributed by atoms with van der Waals surface area (Å²) in [5.74, 6) is 1.04. The number of methoxy groups -OCH3 is 1. The molecule has 190 valence electrons. The van der Waals surface area contributed by atoms with E-state index in [4.69, 9.17) is 10.5 Å². The average Bonchev–Trinajstić information content (AvgIpc) is 3.37. The lowest BCUT2D eigenvalue weighted by Crippen LogP contribution is -2.60. The number of sulfone groups is 1. The zero-order valence-electron chi connectivity index (χ0n) is 20.8. The van der Waals surface area contributed by atoms with E-state index in [1.54, 1.807) is 31.5 Å². The van der Waals surface area contributed by atoms with Crippen LogP contribution in [0.3, 0.4) is 0 Å². The molecule has 2 aromatic carbocycles. The van der Waals surface area contributed by atoms with E-state index in [1.807, 2.05) is 24.3 Å². The molecule has 0 radical (unpaired) electrons. The topological polar surface area (TPSA) is 107 Å². The highest BCUT2D eigenvalue weighted by Gasteiger charge is 2.51. The Hall–Kier alpha value is -3.34. The number of nitrogens with zero attached hydrogens (tertiary/aromatic N) is 4. The van der Waals surface area contributed by atoms with Gasteiger partial charge in [-0.2, -0.15) is 0 Å². The van der Waals surface area contributed by atoms with Crippen LogP contribution in [0, 0.1) is 0 Å². The Balaban J connectivity index is 1.57. The summed E-state index contributed by atoms with van der Waals surface area (Å²) >= 11 is 0. The molecule has 3 N–H and O–H groups in total. The molecule has 3 aromatic rings. The van der Waals surface area contributed by atoms with Crippen LogP contribution in [0.4, 0.5) is 17.2 Å². The predicted octanol–water partition coefficient (Wildman–Crippen LogP) is 3.17. The second kappa shape index (κ2) is 9.27. The number of hydrogen-bond acceptors (Lipinski definition) is 8. The summed E-state index contributed by atoms with van der Waals surface area (Å²) in [6.45, 7) is 1.87. The number of anilines is 3. The number of benzene rings is 2. The molecule has 1 saturated heterocycles. The van der Waals surface area contributed by atoms with Crippen molar-refractivity contribution in [1.29, 1.82) is 0 Å². The molecule has 1 atom stereocenters. The molecule has 0 spiro atoms. The maximum atomic E-state index is 13.9. The van der Waals surface area contributed by atoms with Gasteiger partial charge in [-0.3, -0.25) is 10.6 Å². The van der Waals surface area contributed by atoms with Crippen molar-refractivity contribution in [1.82, 2.24) is 9.88 Å². The first-order chi connectivity index (χ1) is 17.3. The van der Waals surface area contributed by atoms with Crippen LogP contribution in [0.5, 0.6) is 5.75 Å². The van der Waals surface area contributed by atoms with Gasteiger partial charge in [0.15, 0.2) is 0 Å². The van der Waals surface area contributed by atoms with Crippen molar-refractivity contribution in [3.63, 3.8) is 0 Å². The number of piperidine rings is 1. The summed E-state index contributed by atoms with van der Waals surface area (Å²) in [5, 5.41) is -2.12. The SMILES string of the molecule is COc1cc(N2CCC(N(C)C)CC2)ccc1N1c2[nH]ccc2C=NC1(N)S(=O)(=O)c1ccccc1. The van der Waals surface area contributed by atoms with Crippen molar-refractivity contribution in [2.45, 2.75) is 28.9 Å². The van der Waals surface area contributed by atoms with Crippen LogP contribution in [-0.4, -0.2) is 70.0 Å². The molecule has 36 heavy (non-hydrogen) atoms. The van der Waals surface area contributed by atoms with Crippen LogP contribution in [0.2, 0.25) is 0 Å². The Morgan fingerprint density at radius 1 is 1.11 bits per heavy atom. The van der Waals surface area contributed by atoms with Gasteiger partial charge in [0.1, 0.15) is 11.6 Å². The minimum Gasteiger partial charge on any atom is -0.494 e. The van der Waals surface area contributed by atoms with Gasteiger partial charge in [0.05, 0.1) is 17.7 Å². The molecule has 1 fully saturated rings. The van der Waals surface area contributed by atoms with E-state index in [1.165, 1.54) is 23.2 Å². The molecule has 1 aromatic heterocycles. The predicted molar refractivity (Wildman–Crippen MR) is 143 cm³/mol. The molecule has 5 rings (SSSR count). The van der Waals surface area contributed by atoms with E-state index in [0.717, 1.165) is 37.2 Å². The highest BCUT2D eigenvalue weighted by Crippen LogP contribution is 2.45. The molecule has 0 bridgehead atoms. The zero-order chi connectivity index (χ0) is 25.5. The lowest BCUT2D eigenvalue weighted by atomic mass is 10.0. The van der Waals surface area contributed by atoms with Gasteiger partial charge < -0.3 is 19.5 Å². The molecule has 0 aliphatic carbocycles. The number of hydrogen-bond donors (Lipinski definition) is 2. The lowest BCUT2D eigenvalue weighted by molar-refractivity contribution is 0.249. The summed E-state index contributed by atoms with van der Waals surface area (Å²) in [6, 6.07) is 16.3. The zero-order valence-corrected chi connectivity index (χ0v) is 21.6. The second-order valence-electron chi connectivity index (χ2n) is 9.39. The second-order valence-corrected chi connectivity index (χ2v) is 11.5. The Morgan fingerprint density at radius 2 is 1.83 bits per heavy atom. The first-order valence-electron chi connectivity index (χ1n) is 12.0. The number of nitrogens with one attached hydrogen (secondary N) is 1. The van der Waals surface area contributed by atoms with Gasteiger partial charge in [-0.15, -0.1) is 0 Å². The third-order valence-electron chi connectivity index (χ3n) is 7.10. The highest BCUT2D eigenvalue weighted by molar-refractivity contribution is 7.93. The van der Waals surface area contributed by atoms with Crippen molar-refractivity contribution >= 4 is 33.2 Å². The van der Waals surface area contributed by atoms with E-state index in [0.29, 0.717) is 23.3 Å². The van der Waals surface area contributed by atoms with Crippen LogP contribution in [-0.2, 0) is 9.84 Å². The monoisotopic (exact) mass is 508 g/mol. The van der Waals surface area contributed by atoms with Gasteiger partial charge in [-0.25, -0.2) is 13.4 Å². The van der Waals surface area contributed by atoms with Gasteiger partial charge in [-0.1, -0.05) is 18.2 Å². The minimum absolute atomic E-state index is 0.0870. The summed E-state index contributed by atoms with van der Waals surface area (Å²) < 4.78 is 33.6. The number of aromatic nitrogens is 1. The number of fused-ring (bicyclic) bond motifs is 1. The molecular formula is C26H32N6O3S. The summed E-state index contributed by atoms with van der Waals surface area (Å²) in [7, 11) is 1.69. The molecule has 3 heterocycles. The van der Waals surface area contributed by atoms with Gasteiger partial charge in [0, 0.05) is 48.9 Å². The van der Waals surface area contributed by atoms with Crippen LogP contribution < -0.4 is 20.3 Å². The van der Waals surface area contributed by atoms with Crippen molar-refractivity contribution < 1.29 is 13.2 Å². The van der Waals surface area contributed by atoms with Crippen molar-refractivity contribution in [2.24, 2.45) is 10.7 Å². The number of H-pyrrole nitrogens is 1. The third kappa shape index (κ3) is 3.95. The van der Waals surface area contributed by atoms with E-state index in [9.17, 15) is 8.42 Å². The van der Waals surface area contributed by atoms with Crippen LogP contribution in [0.1, 0.15) is 18.4 Å². The molecule has 0 amide bonds. The van der Waals surface area contributed by atoms with E-state index in [2.05, 4.69) is 33.9 Å². The minimum atomic E-state index is -4.13. The molecule has 9 nitrogen and oxygen atoms in total. The fourth-order valence-corrected chi connectivity index (χ4v) is 6.48. The largest absolute Gasteiger partial charge is 0.494 e. The molecule has 1 unspecified atom stereocenters. The average molecular weight is 509 g/mol. The molecular weight excluding hydrogens is 476 g/mol. The molecule has 10 heteroatoms. The van der Waals surface area contributed by atoms with Crippen LogP contribution in [0.15, 0.2) is 70.7 Å². The van der Waals surface area contributed by atoms with Crippen LogP contribution >= 0.6 is 0 Å². The maximum Gasteiger partial charge on any atom is 0.300 e. The van der Waals surface area contributed by atoms with Gasteiger partial charge in [0.25, 0.3) is 5.12 Å². The highest BCUT2D eigenvalue weighted by atomic mass is 32.2. The maximum absolute atomic E-state index is 13.9. The van der Waals surface area contributed by atoms with Crippen LogP contribution in [0.25, 0.3) is 0 Å². The fourth-order valence-electron chi connectivity index (χ4n) is 4.99. The number of aliphatic imine (C=N–C) groups is 1. The Bertz CT molecular complexity index is 1360. The third-order valence-corrected chi connectivity index (χ3v) is 9.07. The van der Waals surface area contributed by atoms with Gasteiger partial charge >= 0.3 is 0 Å². The normalized spacial score (nSPS) is 20.6. The standard InChI is InChI=1S/C26H32N6O3S/c1-30(2)20-12-15-31(16-13-20)21-9-10-23(24(17-21)35-3)32-25-19(11-14-28-25)18-29-26(32,27)36(33,34)22-7-5-4-6-8-22/h4-11,14,17-18,20,28H,12-13,15-16,27H2,1-3H3. The van der Waals surface area contributed by atoms with Crippen molar-refractivity contribution in [3.8, 4) is 5.75 Å². The summed E-state index contributed by atoms with van der Waals surface area (Å²) in [6.07, 6.45) is 5.38. The van der Waals surface area contributed by atoms with Gasteiger partial charge in [0.2, 0.25) is 9.84 Å². The number of rotatable bonds is 6. The Kier molecular flexibility index (Phi) is 6.27. The first kappa shape index (κ1) is 24.4. The van der Waals surface area contributed by atoms with Gasteiger partial charge in [-0.05, 0) is 57.3 Å². The summed E-state index contributed by atoms with van der Waals surface area (Å²) in [4.78, 5) is 13.8. The summed E-state index contributed by atoms with van der Waals surface area (Å²) in [5.41, 5.74) is 8.98. The number of aromatic amines is 1. The number of nitrogens with two attached hydrogens (primary N) is 1. The first-order valence-corrected chi connectivity index (χ1v) is 13.5. The smallest absolute Gasteiger partial charge is 0.300 e. The fraction of sp³-hybridized carbons (Fsp3) is 0.346. The lowest BCUT2D eigenvalue weighted by Gasteiger charge is -2.41. The Morgan fingerprint density at radius 3 is 2.50 bits per heavy atom.